The summed E-state index contributed by atoms with van der Waals surface area (Å²) in [5.74, 6) is 1.42. The van der Waals surface area contributed by atoms with Gasteiger partial charge in [-0.15, -0.1) is 10.2 Å². The third-order valence-electron chi connectivity index (χ3n) is 4.95. The molecule has 7 nitrogen and oxygen atoms in total. The number of fused-ring (bicyclic) bond motifs is 1. The molecule has 1 aliphatic rings. The highest BCUT2D eigenvalue weighted by molar-refractivity contribution is 5.91. The largest absolute Gasteiger partial charge is 0.459 e. The van der Waals surface area contributed by atoms with Crippen LogP contribution in [0.3, 0.4) is 0 Å². The Bertz CT molecular complexity index is 936. The molecule has 0 aliphatic carbocycles. The summed E-state index contributed by atoms with van der Waals surface area (Å²) in [6.45, 7) is 5.06. The molecule has 1 aliphatic heterocycles. The van der Waals surface area contributed by atoms with E-state index in [0.29, 0.717) is 0 Å². The standard InChI is InChI=1S/C20H22FN5O2/c1-14(22-20(27)17-3-2-12-28-17)19-24-23-18-8-9-25(10-11-26(18)19)13-15-4-6-16(21)7-5-15/h2-7,12,14H,8-11,13H2,1H3,(H,22,27)/t14-/m0/s1. The Morgan fingerprint density at radius 3 is 2.79 bits per heavy atom. The summed E-state index contributed by atoms with van der Waals surface area (Å²) in [4.78, 5) is 14.5. The highest BCUT2D eigenvalue weighted by atomic mass is 19.1. The summed E-state index contributed by atoms with van der Waals surface area (Å²) in [5, 5.41) is 11.5. The Labute approximate surface area is 162 Å². The normalized spacial score (nSPS) is 15.6. The summed E-state index contributed by atoms with van der Waals surface area (Å²) < 4.78 is 20.3. The maximum absolute atomic E-state index is 13.1. The predicted molar refractivity (Wildman–Crippen MR) is 100.0 cm³/mol. The summed E-state index contributed by atoms with van der Waals surface area (Å²) in [6, 6.07) is 9.63. The highest BCUT2D eigenvalue weighted by Crippen LogP contribution is 2.17. The number of rotatable bonds is 5. The first-order valence-electron chi connectivity index (χ1n) is 9.33. The van der Waals surface area contributed by atoms with Crippen molar-refractivity contribution in [1.82, 2.24) is 25.0 Å². The molecule has 1 atom stereocenters. The van der Waals surface area contributed by atoms with Crippen LogP contribution in [0.25, 0.3) is 0 Å². The van der Waals surface area contributed by atoms with Gasteiger partial charge >= 0.3 is 0 Å². The van der Waals surface area contributed by atoms with E-state index in [1.807, 2.05) is 19.1 Å². The van der Waals surface area contributed by atoms with Gasteiger partial charge in [0.2, 0.25) is 0 Å². The van der Waals surface area contributed by atoms with Gasteiger partial charge < -0.3 is 14.3 Å². The minimum absolute atomic E-state index is 0.221. The molecule has 3 heterocycles. The van der Waals surface area contributed by atoms with Gasteiger partial charge in [-0.2, -0.15) is 0 Å². The summed E-state index contributed by atoms with van der Waals surface area (Å²) in [6.07, 6.45) is 2.24. The molecule has 0 radical (unpaired) electrons. The first-order chi connectivity index (χ1) is 13.6. The third-order valence-corrected chi connectivity index (χ3v) is 4.95. The van der Waals surface area contributed by atoms with Crippen molar-refractivity contribution in [2.45, 2.75) is 32.5 Å². The lowest BCUT2D eigenvalue weighted by Gasteiger charge is -2.20. The zero-order valence-electron chi connectivity index (χ0n) is 15.6. The van der Waals surface area contributed by atoms with Gasteiger partial charge in [0.15, 0.2) is 11.6 Å². The molecule has 146 valence electrons. The average Bonchev–Trinajstić information content (AvgIpc) is 3.32. The lowest BCUT2D eigenvalue weighted by Crippen LogP contribution is -2.30. The molecule has 0 saturated carbocycles. The zero-order chi connectivity index (χ0) is 19.5. The molecule has 3 aromatic rings. The molecule has 4 rings (SSSR count). The van der Waals surface area contributed by atoms with Gasteiger partial charge in [0, 0.05) is 32.6 Å². The van der Waals surface area contributed by atoms with E-state index in [1.54, 1.807) is 12.1 Å². The van der Waals surface area contributed by atoms with Gasteiger partial charge in [0.1, 0.15) is 11.6 Å². The van der Waals surface area contributed by atoms with Crippen molar-refractivity contribution in [3.05, 3.63) is 71.5 Å². The van der Waals surface area contributed by atoms with E-state index < -0.39 is 0 Å². The monoisotopic (exact) mass is 383 g/mol. The SMILES string of the molecule is C[C@H](NC(=O)c1ccco1)c1nnc2n1CCN(Cc1ccc(F)cc1)CC2. The number of carbonyl (C=O) groups is 1. The number of benzene rings is 1. The van der Waals surface area contributed by atoms with Crippen molar-refractivity contribution in [2.75, 3.05) is 13.1 Å². The summed E-state index contributed by atoms with van der Waals surface area (Å²) in [5.41, 5.74) is 1.08. The van der Waals surface area contributed by atoms with Gasteiger partial charge in [0.25, 0.3) is 5.91 Å². The van der Waals surface area contributed by atoms with E-state index in [1.165, 1.54) is 18.4 Å². The number of nitrogens with one attached hydrogen (secondary N) is 1. The molecule has 0 fully saturated rings. The number of halogens is 1. The Kier molecular flexibility index (Phi) is 5.21. The van der Waals surface area contributed by atoms with Crippen LogP contribution >= 0.6 is 0 Å². The molecular formula is C20H22FN5O2. The second kappa shape index (κ2) is 7.93. The molecule has 0 saturated heterocycles. The van der Waals surface area contributed by atoms with Crippen LogP contribution in [-0.2, 0) is 19.5 Å². The van der Waals surface area contributed by atoms with Crippen LogP contribution in [-0.4, -0.2) is 38.7 Å². The first kappa shape index (κ1) is 18.4. The fourth-order valence-corrected chi connectivity index (χ4v) is 3.46. The number of hydrogen-bond acceptors (Lipinski definition) is 5. The predicted octanol–water partition coefficient (Wildman–Crippen LogP) is 2.56. The van der Waals surface area contributed by atoms with Gasteiger partial charge in [-0.25, -0.2) is 4.39 Å². The lowest BCUT2D eigenvalue weighted by atomic mass is 10.2. The number of hydrogen-bond donors (Lipinski definition) is 1. The smallest absolute Gasteiger partial charge is 0.287 e. The van der Waals surface area contributed by atoms with E-state index in [9.17, 15) is 9.18 Å². The minimum Gasteiger partial charge on any atom is -0.459 e. The van der Waals surface area contributed by atoms with Gasteiger partial charge in [0.05, 0.1) is 12.3 Å². The number of nitrogens with zero attached hydrogens (tertiary/aromatic N) is 4. The molecule has 2 aromatic heterocycles. The van der Waals surface area contributed by atoms with Crippen molar-refractivity contribution < 1.29 is 13.6 Å². The van der Waals surface area contributed by atoms with Crippen LogP contribution in [0.1, 0.15) is 40.7 Å². The van der Waals surface area contributed by atoms with Crippen LogP contribution < -0.4 is 5.32 Å². The van der Waals surface area contributed by atoms with Crippen LogP contribution in [0, 0.1) is 5.82 Å². The molecule has 1 N–H and O–H groups in total. The van der Waals surface area contributed by atoms with Crippen molar-refractivity contribution >= 4 is 5.91 Å². The maximum Gasteiger partial charge on any atom is 0.287 e. The molecular weight excluding hydrogens is 361 g/mol. The Morgan fingerprint density at radius 1 is 1.21 bits per heavy atom. The van der Waals surface area contributed by atoms with Gasteiger partial charge in [-0.1, -0.05) is 12.1 Å². The van der Waals surface area contributed by atoms with Crippen LogP contribution in [0.15, 0.2) is 47.1 Å². The molecule has 1 aromatic carbocycles. The number of amides is 1. The van der Waals surface area contributed by atoms with Crippen molar-refractivity contribution in [2.24, 2.45) is 0 Å². The minimum atomic E-state index is -0.289. The summed E-state index contributed by atoms with van der Waals surface area (Å²) in [7, 11) is 0. The quantitative estimate of drug-likeness (QED) is 0.733. The number of aromatic nitrogens is 3. The Hall–Kier alpha value is -3.00. The molecule has 0 spiro atoms. The van der Waals surface area contributed by atoms with Crippen molar-refractivity contribution in [3.63, 3.8) is 0 Å². The average molecular weight is 383 g/mol. The van der Waals surface area contributed by atoms with Crippen molar-refractivity contribution in [3.8, 4) is 0 Å². The second-order valence-corrected chi connectivity index (χ2v) is 6.95. The molecule has 1 amide bonds. The summed E-state index contributed by atoms with van der Waals surface area (Å²) >= 11 is 0. The molecule has 8 heteroatoms. The third kappa shape index (κ3) is 3.96. The fourth-order valence-electron chi connectivity index (χ4n) is 3.46. The Balaban J connectivity index is 1.41. The van der Waals surface area contributed by atoms with E-state index in [0.717, 1.165) is 49.8 Å². The fraction of sp³-hybridized carbons (Fsp3) is 0.350. The van der Waals surface area contributed by atoms with E-state index >= 15 is 0 Å². The Morgan fingerprint density at radius 2 is 2.04 bits per heavy atom. The number of carbonyl (C=O) groups excluding carboxylic acids is 1. The molecule has 0 unspecified atom stereocenters. The van der Waals surface area contributed by atoms with E-state index in [4.69, 9.17) is 4.42 Å². The highest BCUT2D eigenvalue weighted by Gasteiger charge is 2.23. The van der Waals surface area contributed by atoms with Crippen LogP contribution in [0.4, 0.5) is 4.39 Å². The maximum atomic E-state index is 13.1. The van der Waals surface area contributed by atoms with Crippen LogP contribution in [0.5, 0.6) is 0 Å². The lowest BCUT2D eigenvalue weighted by molar-refractivity contribution is 0.0909. The van der Waals surface area contributed by atoms with E-state index in [2.05, 4.69) is 25.0 Å². The van der Waals surface area contributed by atoms with Gasteiger partial charge in [-0.05, 0) is 36.8 Å². The topological polar surface area (TPSA) is 76.2 Å². The number of furan rings is 1. The van der Waals surface area contributed by atoms with Crippen molar-refractivity contribution in [1.29, 1.82) is 0 Å². The van der Waals surface area contributed by atoms with Gasteiger partial charge in [-0.3, -0.25) is 9.69 Å². The first-order valence-corrected chi connectivity index (χ1v) is 9.33. The second-order valence-electron chi connectivity index (χ2n) is 6.95. The zero-order valence-corrected chi connectivity index (χ0v) is 15.6. The van der Waals surface area contributed by atoms with Crippen LogP contribution in [0.2, 0.25) is 0 Å². The molecule has 28 heavy (non-hydrogen) atoms. The van der Waals surface area contributed by atoms with E-state index in [-0.39, 0.29) is 23.5 Å². The molecule has 0 bridgehead atoms.